The first-order valence-corrected chi connectivity index (χ1v) is 12.6. The Bertz CT molecular complexity index is 348. The van der Waals surface area contributed by atoms with Crippen molar-refractivity contribution in [3.8, 4) is 0 Å². The molecule has 9 nitrogen and oxygen atoms in total. The molecule has 0 spiro atoms. The summed E-state index contributed by atoms with van der Waals surface area (Å²) in [6.07, 6.45) is 9.02. The van der Waals surface area contributed by atoms with Gasteiger partial charge in [0.2, 0.25) is 0 Å². The van der Waals surface area contributed by atoms with Crippen LogP contribution in [0.25, 0.3) is 0 Å². The van der Waals surface area contributed by atoms with E-state index in [1.54, 1.807) is 0 Å². The molecule has 0 aromatic rings. The van der Waals surface area contributed by atoms with Gasteiger partial charge in [-0.05, 0) is 19.8 Å². The summed E-state index contributed by atoms with van der Waals surface area (Å²) in [7, 11) is 0. The topological polar surface area (TPSA) is 127 Å². The second-order valence-electron chi connectivity index (χ2n) is 7.94. The van der Waals surface area contributed by atoms with Crippen LogP contribution in [-0.2, 0) is 24.0 Å². The van der Waals surface area contributed by atoms with Gasteiger partial charge < -0.3 is 34.6 Å². The Hall–Kier alpha value is -0.360. The minimum atomic E-state index is -0.921. The SMILES string of the molecule is CCCCCCCCOCC(O)CO.CCCCCOCC(COOCC(O)CO)OCC. The molecule has 0 fully saturated rings. The minimum Gasteiger partial charge on any atom is -0.394 e. The highest BCUT2D eigenvalue weighted by molar-refractivity contribution is 4.54. The van der Waals surface area contributed by atoms with Gasteiger partial charge in [0.05, 0.1) is 26.4 Å². The molecular formula is C24H52O9. The first kappa shape index (κ1) is 34.8. The highest BCUT2D eigenvalue weighted by atomic mass is 17.2. The van der Waals surface area contributed by atoms with Crippen LogP contribution in [0.1, 0.15) is 78.6 Å². The van der Waals surface area contributed by atoms with Crippen molar-refractivity contribution in [3.05, 3.63) is 0 Å². The monoisotopic (exact) mass is 484 g/mol. The van der Waals surface area contributed by atoms with Crippen molar-refractivity contribution in [2.45, 2.75) is 96.9 Å². The molecule has 0 aliphatic rings. The van der Waals surface area contributed by atoms with E-state index in [2.05, 4.69) is 13.8 Å². The molecule has 3 unspecified atom stereocenters. The summed E-state index contributed by atoms with van der Waals surface area (Å²) in [5.74, 6) is 0. The first-order chi connectivity index (χ1) is 16.0. The Morgan fingerprint density at radius 1 is 0.576 bits per heavy atom. The van der Waals surface area contributed by atoms with E-state index >= 15 is 0 Å². The molecule has 0 heterocycles. The van der Waals surface area contributed by atoms with Crippen LogP contribution < -0.4 is 0 Å². The molecule has 0 aromatic carbocycles. The van der Waals surface area contributed by atoms with Crippen LogP contribution in [0, 0.1) is 0 Å². The van der Waals surface area contributed by atoms with Gasteiger partial charge in [-0.3, -0.25) is 0 Å². The van der Waals surface area contributed by atoms with Crippen molar-refractivity contribution in [3.63, 3.8) is 0 Å². The normalized spacial score (nSPS) is 13.9. The number of unbranched alkanes of at least 4 members (excludes halogenated alkanes) is 7. The molecule has 0 aliphatic heterocycles. The summed E-state index contributed by atoms with van der Waals surface area (Å²) in [5, 5.41) is 35.1. The van der Waals surface area contributed by atoms with Crippen LogP contribution >= 0.6 is 0 Å². The fraction of sp³-hybridized carbons (Fsp3) is 1.00. The van der Waals surface area contributed by atoms with Gasteiger partial charge in [-0.25, -0.2) is 9.78 Å². The van der Waals surface area contributed by atoms with Crippen molar-refractivity contribution in [2.24, 2.45) is 0 Å². The molecule has 0 radical (unpaired) electrons. The van der Waals surface area contributed by atoms with Crippen molar-refractivity contribution >= 4 is 0 Å². The lowest BCUT2D eigenvalue weighted by molar-refractivity contribution is -0.319. The quantitative estimate of drug-likeness (QED) is 0.0928. The van der Waals surface area contributed by atoms with E-state index in [1.165, 1.54) is 38.5 Å². The van der Waals surface area contributed by atoms with Crippen molar-refractivity contribution in [2.75, 3.05) is 59.5 Å². The number of hydrogen-bond acceptors (Lipinski definition) is 9. The Morgan fingerprint density at radius 3 is 1.67 bits per heavy atom. The van der Waals surface area contributed by atoms with E-state index in [1.807, 2.05) is 6.92 Å². The lowest BCUT2D eigenvalue weighted by Gasteiger charge is -2.17. The molecule has 0 saturated carbocycles. The highest BCUT2D eigenvalue weighted by Gasteiger charge is 2.10. The fourth-order valence-electron chi connectivity index (χ4n) is 2.61. The largest absolute Gasteiger partial charge is 0.394 e. The second-order valence-corrected chi connectivity index (χ2v) is 7.94. The van der Waals surface area contributed by atoms with Crippen LogP contribution in [-0.4, -0.2) is 98.2 Å². The molecule has 3 atom stereocenters. The van der Waals surface area contributed by atoms with Crippen LogP contribution in [0.2, 0.25) is 0 Å². The number of aliphatic hydroxyl groups is 4. The number of rotatable bonds is 24. The standard InChI is InChI=1S/C13H28O6.C11H24O3/c1-3-5-6-7-16-10-13(17-4-2)11-19-18-9-12(15)8-14;1-2-3-4-5-6-7-8-14-10-11(13)9-12/h12-15H,3-11H2,1-2H3;11-13H,2-10H2,1H3. The summed E-state index contributed by atoms with van der Waals surface area (Å²) < 4.78 is 16.1. The molecule has 33 heavy (non-hydrogen) atoms. The molecule has 0 saturated heterocycles. The molecule has 0 amide bonds. The van der Waals surface area contributed by atoms with Crippen LogP contribution in [0.5, 0.6) is 0 Å². The Balaban J connectivity index is 0. The van der Waals surface area contributed by atoms with Crippen molar-refractivity contribution < 1.29 is 44.4 Å². The van der Waals surface area contributed by atoms with Crippen molar-refractivity contribution in [1.82, 2.24) is 0 Å². The predicted molar refractivity (Wildman–Crippen MR) is 128 cm³/mol. The van der Waals surface area contributed by atoms with Gasteiger partial charge in [0, 0.05) is 19.8 Å². The lowest BCUT2D eigenvalue weighted by atomic mass is 10.1. The zero-order valence-electron chi connectivity index (χ0n) is 21.3. The van der Waals surface area contributed by atoms with E-state index in [9.17, 15) is 0 Å². The van der Waals surface area contributed by atoms with Crippen LogP contribution in [0.4, 0.5) is 0 Å². The Kier molecular flexibility index (Phi) is 31.3. The van der Waals surface area contributed by atoms with E-state index in [0.717, 1.165) is 25.9 Å². The van der Waals surface area contributed by atoms with E-state index in [4.69, 9.17) is 44.4 Å². The Morgan fingerprint density at radius 2 is 1.06 bits per heavy atom. The zero-order valence-corrected chi connectivity index (χ0v) is 21.3. The first-order valence-electron chi connectivity index (χ1n) is 12.6. The van der Waals surface area contributed by atoms with Gasteiger partial charge in [0.15, 0.2) is 0 Å². The number of aliphatic hydroxyl groups excluding tert-OH is 4. The maximum absolute atomic E-state index is 9.04. The third kappa shape index (κ3) is 29.6. The minimum absolute atomic E-state index is 0.0628. The molecule has 9 heteroatoms. The van der Waals surface area contributed by atoms with Gasteiger partial charge in [-0.1, -0.05) is 58.8 Å². The number of hydrogen-bond donors (Lipinski definition) is 4. The average molecular weight is 485 g/mol. The summed E-state index contributed by atoms with van der Waals surface area (Å²) >= 11 is 0. The maximum atomic E-state index is 9.04. The summed E-state index contributed by atoms with van der Waals surface area (Å²) in [5.41, 5.74) is 0. The van der Waals surface area contributed by atoms with Gasteiger partial charge in [0.1, 0.15) is 31.5 Å². The summed E-state index contributed by atoms with van der Waals surface area (Å²) in [6.45, 7) is 8.59. The number of ether oxygens (including phenoxy) is 3. The van der Waals surface area contributed by atoms with Crippen LogP contribution in [0.3, 0.4) is 0 Å². The Labute approximate surface area is 201 Å². The maximum Gasteiger partial charge on any atom is 0.111 e. The van der Waals surface area contributed by atoms with Gasteiger partial charge in [0.25, 0.3) is 0 Å². The fourth-order valence-corrected chi connectivity index (χ4v) is 2.61. The smallest absolute Gasteiger partial charge is 0.111 e. The average Bonchev–Trinajstić information content (AvgIpc) is 2.83. The van der Waals surface area contributed by atoms with Gasteiger partial charge >= 0.3 is 0 Å². The van der Waals surface area contributed by atoms with E-state index < -0.39 is 12.2 Å². The van der Waals surface area contributed by atoms with E-state index in [-0.39, 0.29) is 39.1 Å². The highest BCUT2D eigenvalue weighted by Crippen LogP contribution is 2.05. The molecule has 0 aliphatic carbocycles. The summed E-state index contributed by atoms with van der Waals surface area (Å²) in [6, 6.07) is 0. The van der Waals surface area contributed by atoms with Gasteiger partial charge in [-0.15, -0.1) is 0 Å². The second kappa shape index (κ2) is 29.7. The molecule has 0 rings (SSSR count). The van der Waals surface area contributed by atoms with Gasteiger partial charge in [-0.2, -0.15) is 0 Å². The lowest BCUT2D eigenvalue weighted by Crippen LogP contribution is -2.27. The molecule has 0 aromatic heterocycles. The third-order valence-electron chi connectivity index (χ3n) is 4.57. The van der Waals surface area contributed by atoms with E-state index in [0.29, 0.717) is 19.8 Å². The molecule has 0 bridgehead atoms. The predicted octanol–water partition coefficient (Wildman–Crippen LogP) is 2.62. The molecule has 202 valence electrons. The third-order valence-corrected chi connectivity index (χ3v) is 4.57. The zero-order chi connectivity index (χ0) is 25.0. The summed E-state index contributed by atoms with van der Waals surface area (Å²) in [4.78, 5) is 9.69. The van der Waals surface area contributed by atoms with Crippen molar-refractivity contribution in [1.29, 1.82) is 0 Å². The molecular weight excluding hydrogens is 432 g/mol. The molecule has 4 N–H and O–H groups in total. The van der Waals surface area contributed by atoms with Crippen LogP contribution in [0.15, 0.2) is 0 Å².